The van der Waals surface area contributed by atoms with Gasteiger partial charge in [-0.1, -0.05) is 11.8 Å². The number of hydrogen-bond donors (Lipinski definition) is 2. The van der Waals surface area contributed by atoms with Gasteiger partial charge < -0.3 is 0 Å². The Morgan fingerprint density at radius 3 is 3.14 bits per heavy atom. The largest absolute Gasteiger partial charge is 0.282 e. The van der Waals surface area contributed by atoms with E-state index in [2.05, 4.69) is 34.7 Å². The van der Waals surface area contributed by atoms with E-state index >= 15 is 0 Å². The highest BCUT2D eigenvalue weighted by Gasteiger charge is 2.00. The Morgan fingerprint density at radius 2 is 2.36 bits per heavy atom. The number of aromatic amines is 1. The highest BCUT2D eigenvalue weighted by molar-refractivity contribution is 7.80. The maximum Gasteiger partial charge on any atom is 0.0936 e. The number of rotatable bonds is 0. The van der Waals surface area contributed by atoms with Gasteiger partial charge in [-0.05, 0) is 25.1 Å². The van der Waals surface area contributed by atoms with Crippen molar-refractivity contribution < 1.29 is 0 Å². The zero-order valence-electron chi connectivity index (χ0n) is 7.83. The van der Waals surface area contributed by atoms with Crippen molar-refractivity contribution in [2.75, 3.05) is 5.75 Å². The predicted octanol–water partition coefficient (Wildman–Crippen LogP) is 2.15. The predicted molar refractivity (Wildman–Crippen MR) is 61.6 cm³/mol. The van der Waals surface area contributed by atoms with Gasteiger partial charge >= 0.3 is 0 Å². The van der Waals surface area contributed by atoms with Crippen LogP contribution in [0.2, 0.25) is 0 Å². The molecule has 14 heavy (non-hydrogen) atoms. The third-order valence-corrected chi connectivity index (χ3v) is 2.22. The van der Waals surface area contributed by atoms with Crippen molar-refractivity contribution >= 4 is 23.5 Å². The quantitative estimate of drug-likeness (QED) is 0.497. The number of aromatic nitrogens is 2. The van der Waals surface area contributed by atoms with Crippen molar-refractivity contribution in [1.82, 2.24) is 10.2 Å². The molecule has 2 nitrogen and oxygen atoms in total. The summed E-state index contributed by atoms with van der Waals surface area (Å²) in [5.74, 6) is 6.51. The number of aryl methyl sites for hydroxylation is 1. The van der Waals surface area contributed by atoms with Crippen LogP contribution in [0.5, 0.6) is 0 Å². The van der Waals surface area contributed by atoms with E-state index in [0.29, 0.717) is 5.75 Å². The van der Waals surface area contributed by atoms with Gasteiger partial charge in [-0.3, -0.25) is 5.10 Å². The molecule has 0 aliphatic carbocycles. The number of thiol groups is 1. The molecule has 0 bridgehead atoms. The normalized spacial score (nSPS) is 9.86. The Hall–Kier alpha value is -1.40. The molecular formula is C11H10N2S. The molecule has 0 fully saturated rings. The van der Waals surface area contributed by atoms with E-state index in [1.165, 1.54) is 0 Å². The van der Waals surface area contributed by atoms with Gasteiger partial charge in [-0.15, -0.1) is 0 Å². The molecule has 1 N–H and O–H groups in total. The fraction of sp³-hybridized carbons (Fsp3) is 0.182. The smallest absolute Gasteiger partial charge is 0.0936 e. The first-order chi connectivity index (χ1) is 6.81. The molecular weight excluding hydrogens is 192 g/mol. The van der Waals surface area contributed by atoms with Crippen LogP contribution in [0.4, 0.5) is 0 Å². The van der Waals surface area contributed by atoms with E-state index in [9.17, 15) is 0 Å². The number of nitrogens with one attached hydrogen (secondary N) is 1. The molecule has 70 valence electrons. The van der Waals surface area contributed by atoms with E-state index in [0.717, 1.165) is 22.2 Å². The third-order valence-electron chi connectivity index (χ3n) is 2.06. The first-order valence-electron chi connectivity index (χ1n) is 4.36. The van der Waals surface area contributed by atoms with Crippen molar-refractivity contribution in [2.45, 2.75) is 6.92 Å². The minimum absolute atomic E-state index is 0.581. The van der Waals surface area contributed by atoms with Crippen molar-refractivity contribution in [1.29, 1.82) is 0 Å². The van der Waals surface area contributed by atoms with Gasteiger partial charge in [0.2, 0.25) is 0 Å². The molecule has 0 aliphatic rings. The van der Waals surface area contributed by atoms with Crippen LogP contribution in [-0.4, -0.2) is 16.0 Å². The maximum atomic E-state index is 4.18. The van der Waals surface area contributed by atoms with Crippen LogP contribution in [0.3, 0.4) is 0 Å². The lowest BCUT2D eigenvalue weighted by Crippen LogP contribution is -1.75. The van der Waals surface area contributed by atoms with Crippen molar-refractivity contribution in [2.24, 2.45) is 0 Å². The van der Waals surface area contributed by atoms with E-state index < -0.39 is 0 Å². The first-order valence-corrected chi connectivity index (χ1v) is 4.99. The zero-order valence-corrected chi connectivity index (χ0v) is 8.73. The highest BCUT2D eigenvalue weighted by atomic mass is 32.1. The molecule has 0 unspecified atom stereocenters. The van der Waals surface area contributed by atoms with Crippen LogP contribution < -0.4 is 0 Å². The van der Waals surface area contributed by atoms with Crippen molar-refractivity contribution in [3.8, 4) is 11.8 Å². The van der Waals surface area contributed by atoms with Gasteiger partial charge in [0.05, 0.1) is 11.3 Å². The average molecular weight is 202 g/mol. The summed E-state index contributed by atoms with van der Waals surface area (Å²) >= 11 is 4.03. The Balaban J connectivity index is 2.52. The summed E-state index contributed by atoms with van der Waals surface area (Å²) in [6.07, 6.45) is 0. The van der Waals surface area contributed by atoms with E-state index in [1.807, 2.05) is 25.1 Å². The molecule has 0 spiro atoms. The molecule has 2 aromatic rings. The zero-order chi connectivity index (χ0) is 9.97. The molecule has 1 aromatic carbocycles. The lowest BCUT2D eigenvalue weighted by molar-refractivity contribution is 1.07. The highest BCUT2D eigenvalue weighted by Crippen LogP contribution is 2.15. The summed E-state index contributed by atoms with van der Waals surface area (Å²) in [6.45, 7) is 2.01. The molecule has 0 aliphatic heterocycles. The van der Waals surface area contributed by atoms with Crippen molar-refractivity contribution in [3.63, 3.8) is 0 Å². The monoisotopic (exact) mass is 202 g/mol. The molecule has 3 heteroatoms. The van der Waals surface area contributed by atoms with Gasteiger partial charge in [0.1, 0.15) is 0 Å². The summed E-state index contributed by atoms with van der Waals surface area (Å²) in [4.78, 5) is 0. The number of fused-ring (bicyclic) bond motifs is 1. The third kappa shape index (κ3) is 1.61. The Kier molecular flexibility index (Phi) is 2.47. The standard InChI is InChI=1S/C11H10N2S/c1-8-10-5-4-9(3-2-6-14)7-11(10)13-12-8/h4-5,7,14H,6H2,1H3,(H,12,13). The van der Waals surface area contributed by atoms with Crippen LogP contribution in [0.15, 0.2) is 18.2 Å². The summed E-state index contributed by atoms with van der Waals surface area (Å²) in [6, 6.07) is 6.02. The van der Waals surface area contributed by atoms with E-state index in [1.54, 1.807) is 0 Å². The fourth-order valence-electron chi connectivity index (χ4n) is 1.36. The van der Waals surface area contributed by atoms with Crippen molar-refractivity contribution in [3.05, 3.63) is 29.5 Å². The molecule has 2 rings (SSSR count). The Morgan fingerprint density at radius 1 is 1.50 bits per heavy atom. The number of benzene rings is 1. The molecule has 0 saturated heterocycles. The van der Waals surface area contributed by atoms with Crippen LogP contribution in [0.25, 0.3) is 10.9 Å². The van der Waals surface area contributed by atoms with Gasteiger partial charge in [0.15, 0.2) is 0 Å². The van der Waals surface area contributed by atoms with Crippen LogP contribution in [0.1, 0.15) is 11.3 Å². The lowest BCUT2D eigenvalue weighted by Gasteiger charge is -1.90. The molecule has 0 radical (unpaired) electrons. The van der Waals surface area contributed by atoms with E-state index in [-0.39, 0.29) is 0 Å². The molecule has 1 aromatic heterocycles. The summed E-state index contributed by atoms with van der Waals surface area (Å²) < 4.78 is 0. The maximum absolute atomic E-state index is 4.18. The van der Waals surface area contributed by atoms with Gasteiger partial charge in [-0.2, -0.15) is 17.7 Å². The SMILES string of the molecule is Cc1[nH]nc2cc(C#CCS)ccc12. The number of H-pyrrole nitrogens is 1. The van der Waals surface area contributed by atoms with E-state index in [4.69, 9.17) is 0 Å². The lowest BCUT2D eigenvalue weighted by atomic mass is 10.1. The average Bonchev–Trinajstić information content (AvgIpc) is 2.57. The fourth-order valence-corrected chi connectivity index (χ4v) is 1.44. The molecule has 1 heterocycles. The van der Waals surface area contributed by atoms with Crippen LogP contribution in [-0.2, 0) is 0 Å². The molecule has 0 saturated carbocycles. The molecule has 0 atom stereocenters. The molecule has 0 amide bonds. The van der Waals surface area contributed by atoms with Crippen LogP contribution >= 0.6 is 12.6 Å². The Bertz CT molecular complexity index is 517. The minimum Gasteiger partial charge on any atom is -0.282 e. The van der Waals surface area contributed by atoms with Crippen LogP contribution in [0, 0.1) is 18.8 Å². The van der Waals surface area contributed by atoms with Gasteiger partial charge in [0, 0.05) is 16.6 Å². The second-order valence-corrected chi connectivity index (χ2v) is 3.36. The topological polar surface area (TPSA) is 28.7 Å². The number of nitrogens with zero attached hydrogens (tertiary/aromatic N) is 1. The second kappa shape index (κ2) is 3.77. The first kappa shape index (κ1) is 9.17. The number of hydrogen-bond acceptors (Lipinski definition) is 2. The van der Waals surface area contributed by atoms with Gasteiger partial charge in [-0.25, -0.2) is 0 Å². The minimum atomic E-state index is 0.581. The Labute approximate surface area is 88.1 Å². The summed E-state index contributed by atoms with van der Waals surface area (Å²) in [5.41, 5.74) is 3.04. The summed E-state index contributed by atoms with van der Waals surface area (Å²) in [5, 5.41) is 8.28. The second-order valence-electron chi connectivity index (χ2n) is 3.04. The summed E-state index contributed by atoms with van der Waals surface area (Å²) in [7, 11) is 0. The van der Waals surface area contributed by atoms with Gasteiger partial charge in [0.25, 0.3) is 0 Å².